The van der Waals surface area contributed by atoms with Crippen LogP contribution in [0.2, 0.25) is 0 Å². The first-order valence-electron chi connectivity index (χ1n) is 6.63. The first-order valence-corrected chi connectivity index (χ1v) is 6.63. The Morgan fingerprint density at radius 2 is 2.09 bits per heavy atom. The first-order chi connectivity index (χ1) is 10.8. The summed E-state index contributed by atoms with van der Waals surface area (Å²) in [4.78, 5) is 24.1. The molecule has 0 aliphatic heterocycles. The topological polar surface area (TPSA) is 88.3 Å². The highest BCUT2D eigenvalue weighted by molar-refractivity contribution is 5.84. The van der Waals surface area contributed by atoms with Crippen LogP contribution in [0, 0.1) is 11.6 Å². The minimum atomic E-state index is -1.26. The number of amides is 1. The molecule has 2 rings (SSSR count). The van der Waals surface area contributed by atoms with Crippen LogP contribution in [0.4, 0.5) is 8.78 Å². The molecule has 0 saturated heterocycles. The third kappa shape index (κ3) is 3.68. The average molecular weight is 324 g/mol. The average Bonchev–Trinajstić information content (AvgIpc) is 2.97. The van der Waals surface area contributed by atoms with Crippen molar-refractivity contribution in [2.45, 2.75) is 19.5 Å². The number of carboxylic acid groups (broad SMARTS) is 1. The number of likely N-dealkylation sites (N-methyl/N-ethyl adjacent to an activating group) is 1. The third-order valence-electron chi connectivity index (χ3n) is 3.44. The summed E-state index contributed by atoms with van der Waals surface area (Å²) in [6.45, 7) is 1.29. The van der Waals surface area contributed by atoms with Crippen molar-refractivity contribution >= 4 is 11.9 Å². The summed E-state index contributed by atoms with van der Waals surface area (Å²) in [7, 11) is 1.44. The second-order valence-corrected chi connectivity index (χ2v) is 4.95. The van der Waals surface area contributed by atoms with Crippen LogP contribution in [0.15, 0.2) is 24.4 Å². The molecular formula is C14H14F2N4O3. The van der Waals surface area contributed by atoms with Crippen LogP contribution in [0.25, 0.3) is 0 Å². The molecule has 1 heterocycles. The van der Waals surface area contributed by atoms with Crippen molar-refractivity contribution in [2.24, 2.45) is 0 Å². The molecule has 1 N–H and O–H groups in total. The summed E-state index contributed by atoms with van der Waals surface area (Å²) in [5.74, 6) is -2.93. The molecule has 7 nitrogen and oxygen atoms in total. The van der Waals surface area contributed by atoms with Gasteiger partial charge in [-0.1, -0.05) is 5.21 Å². The lowest BCUT2D eigenvalue weighted by Crippen LogP contribution is -2.33. The molecule has 0 radical (unpaired) electrons. The van der Waals surface area contributed by atoms with E-state index in [0.29, 0.717) is 0 Å². The van der Waals surface area contributed by atoms with E-state index in [1.165, 1.54) is 11.9 Å². The number of aromatic nitrogens is 3. The Morgan fingerprint density at radius 3 is 2.70 bits per heavy atom. The molecule has 23 heavy (non-hydrogen) atoms. The van der Waals surface area contributed by atoms with Crippen molar-refractivity contribution in [3.05, 3.63) is 47.3 Å². The maximum Gasteiger partial charge on any atom is 0.358 e. The van der Waals surface area contributed by atoms with E-state index in [0.717, 1.165) is 29.1 Å². The lowest BCUT2D eigenvalue weighted by Gasteiger charge is -2.25. The molecule has 0 fully saturated rings. The van der Waals surface area contributed by atoms with Crippen LogP contribution in [-0.4, -0.2) is 43.9 Å². The molecule has 0 spiro atoms. The lowest BCUT2D eigenvalue weighted by atomic mass is 10.1. The lowest BCUT2D eigenvalue weighted by molar-refractivity contribution is -0.132. The van der Waals surface area contributed by atoms with Gasteiger partial charge >= 0.3 is 5.97 Å². The first kappa shape index (κ1) is 16.5. The molecule has 0 saturated carbocycles. The number of carboxylic acids is 1. The summed E-state index contributed by atoms with van der Waals surface area (Å²) < 4.78 is 28.1. The molecule has 2 aromatic rings. The smallest absolute Gasteiger partial charge is 0.358 e. The zero-order valence-electron chi connectivity index (χ0n) is 12.4. The Hall–Kier alpha value is -2.84. The Morgan fingerprint density at radius 1 is 1.39 bits per heavy atom. The van der Waals surface area contributed by atoms with Crippen molar-refractivity contribution in [2.75, 3.05) is 7.05 Å². The maximum absolute atomic E-state index is 13.8. The van der Waals surface area contributed by atoms with Crippen LogP contribution in [0.3, 0.4) is 0 Å². The number of nitrogens with zero attached hydrogens (tertiary/aromatic N) is 4. The highest BCUT2D eigenvalue weighted by Crippen LogP contribution is 2.23. The molecule has 0 bridgehead atoms. The highest BCUT2D eigenvalue weighted by Gasteiger charge is 2.21. The molecule has 0 aliphatic carbocycles. The Bertz CT molecular complexity index is 747. The van der Waals surface area contributed by atoms with Crippen molar-refractivity contribution in [1.82, 2.24) is 19.9 Å². The molecule has 1 aromatic heterocycles. The van der Waals surface area contributed by atoms with Gasteiger partial charge in [-0.3, -0.25) is 4.79 Å². The zero-order chi connectivity index (χ0) is 17.1. The van der Waals surface area contributed by atoms with Gasteiger partial charge in [-0.05, 0) is 25.1 Å². The van der Waals surface area contributed by atoms with Gasteiger partial charge in [0.15, 0.2) is 5.69 Å². The zero-order valence-corrected chi connectivity index (χ0v) is 12.4. The number of hydrogen-bond donors (Lipinski definition) is 1. The Balaban J connectivity index is 2.11. The van der Waals surface area contributed by atoms with Crippen molar-refractivity contribution < 1.29 is 23.5 Å². The normalized spacial score (nSPS) is 12.0. The monoisotopic (exact) mass is 324 g/mol. The second kappa shape index (κ2) is 6.51. The summed E-state index contributed by atoms with van der Waals surface area (Å²) in [5, 5.41) is 15.7. The number of hydrogen-bond acceptors (Lipinski definition) is 4. The highest BCUT2D eigenvalue weighted by atomic mass is 19.1. The van der Waals surface area contributed by atoms with Crippen LogP contribution in [-0.2, 0) is 11.3 Å². The number of aromatic carboxylic acids is 1. The number of halogens is 2. The third-order valence-corrected chi connectivity index (χ3v) is 3.44. The maximum atomic E-state index is 13.8. The second-order valence-electron chi connectivity index (χ2n) is 4.95. The SMILES string of the molecule is CC(c1cc(F)ccc1F)N(C)C(=O)Cn1cc(C(=O)O)nn1. The van der Waals surface area contributed by atoms with Crippen LogP contribution >= 0.6 is 0 Å². The fourth-order valence-electron chi connectivity index (χ4n) is 1.98. The Kier molecular flexibility index (Phi) is 4.68. The van der Waals surface area contributed by atoms with Gasteiger partial charge in [0.1, 0.15) is 18.2 Å². The molecule has 1 amide bonds. The van der Waals surface area contributed by atoms with E-state index in [-0.39, 0.29) is 17.8 Å². The summed E-state index contributed by atoms with van der Waals surface area (Å²) in [6.07, 6.45) is 1.11. The molecule has 1 atom stereocenters. The van der Waals surface area contributed by atoms with E-state index in [9.17, 15) is 18.4 Å². The molecular weight excluding hydrogens is 310 g/mol. The molecule has 122 valence electrons. The van der Waals surface area contributed by atoms with Gasteiger partial charge in [0.2, 0.25) is 5.91 Å². The predicted molar refractivity (Wildman–Crippen MR) is 74.5 cm³/mol. The van der Waals surface area contributed by atoms with Crippen LogP contribution in [0.1, 0.15) is 29.0 Å². The molecule has 9 heteroatoms. The van der Waals surface area contributed by atoms with Gasteiger partial charge in [0.05, 0.1) is 12.2 Å². The van der Waals surface area contributed by atoms with Crippen LogP contribution in [0.5, 0.6) is 0 Å². The van der Waals surface area contributed by atoms with Gasteiger partial charge < -0.3 is 10.0 Å². The van der Waals surface area contributed by atoms with E-state index in [2.05, 4.69) is 10.3 Å². The number of carbonyl (C=O) groups excluding carboxylic acids is 1. The van der Waals surface area contributed by atoms with Gasteiger partial charge in [-0.15, -0.1) is 5.10 Å². The van der Waals surface area contributed by atoms with Crippen molar-refractivity contribution in [3.63, 3.8) is 0 Å². The fourth-order valence-corrected chi connectivity index (χ4v) is 1.98. The van der Waals surface area contributed by atoms with Gasteiger partial charge in [0.25, 0.3) is 0 Å². The number of rotatable bonds is 5. The summed E-state index contributed by atoms with van der Waals surface area (Å²) in [5.41, 5.74) is -0.240. The number of benzene rings is 1. The quantitative estimate of drug-likeness (QED) is 0.900. The Labute approximate surface area is 130 Å². The number of carbonyl (C=O) groups is 2. The van der Waals surface area contributed by atoms with Gasteiger partial charge in [-0.2, -0.15) is 0 Å². The van der Waals surface area contributed by atoms with E-state index in [1.54, 1.807) is 6.92 Å². The van der Waals surface area contributed by atoms with Gasteiger partial charge in [-0.25, -0.2) is 18.3 Å². The standard InChI is InChI=1S/C14H14F2N4O3/c1-8(10-5-9(15)3-4-11(10)16)19(2)13(21)7-20-6-12(14(22)23)17-18-20/h3-6,8H,7H2,1-2H3,(H,22,23). The minimum absolute atomic E-state index is 0.0469. The fraction of sp³-hybridized carbons (Fsp3) is 0.286. The van der Waals surface area contributed by atoms with E-state index < -0.39 is 29.6 Å². The van der Waals surface area contributed by atoms with Crippen LogP contribution < -0.4 is 0 Å². The molecule has 1 aromatic carbocycles. The van der Waals surface area contributed by atoms with E-state index in [4.69, 9.17) is 5.11 Å². The summed E-state index contributed by atoms with van der Waals surface area (Å²) in [6, 6.07) is 2.31. The van der Waals surface area contributed by atoms with E-state index >= 15 is 0 Å². The van der Waals surface area contributed by atoms with Crippen molar-refractivity contribution in [1.29, 1.82) is 0 Å². The molecule has 1 unspecified atom stereocenters. The largest absolute Gasteiger partial charge is 0.476 e. The minimum Gasteiger partial charge on any atom is -0.476 e. The van der Waals surface area contributed by atoms with Gasteiger partial charge in [0, 0.05) is 12.6 Å². The van der Waals surface area contributed by atoms with Crippen molar-refractivity contribution in [3.8, 4) is 0 Å². The molecule has 0 aliphatic rings. The van der Waals surface area contributed by atoms with E-state index in [1.807, 2.05) is 0 Å². The predicted octanol–water partition coefficient (Wildman–Crippen LogP) is 1.47. The summed E-state index contributed by atoms with van der Waals surface area (Å²) >= 11 is 0.